The van der Waals surface area contributed by atoms with Gasteiger partial charge in [-0.15, -0.1) is 0 Å². The molecule has 21 heavy (non-hydrogen) atoms. The highest BCUT2D eigenvalue weighted by Gasteiger charge is 2.33. The van der Waals surface area contributed by atoms with Crippen molar-refractivity contribution in [2.75, 3.05) is 0 Å². The summed E-state index contributed by atoms with van der Waals surface area (Å²) in [7, 11) is 0. The number of benzene rings is 2. The molecule has 108 valence electrons. The van der Waals surface area contributed by atoms with Gasteiger partial charge in [-0.2, -0.15) is 0 Å². The Balaban J connectivity index is 1.57. The van der Waals surface area contributed by atoms with Crippen LogP contribution in [0.3, 0.4) is 0 Å². The first-order valence-corrected chi connectivity index (χ1v) is 7.46. The van der Waals surface area contributed by atoms with Crippen molar-refractivity contribution in [2.24, 2.45) is 5.92 Å². The van der Waals surface area contributed by atoms with E-state index in [1.165, 1.54) is 18.4 Å². The molecule has 2 amide bonds. The first-order valence-electron chi connectivity index (χ1n) is 7.46. The van der Waals surface area contributed by atoms with Gasteiger partial charge in [-0.1, -0.05) is 60.7 Å². The van der Waals surface area contributed by atoms with Crippen molar-refractivity contribution in [1.29, 1.82) is 0 Å². The van der Waals surface area contributed by atoms with Crippen LogP contribution in [0.15, 0.2) is 60.7 Å². The van der Waals surface area contributed by atoms with Crippen LogP contribution in [0.4, 0.5) is 4.79 Å². The second kappa shape index (κ2) is 6.44. The van der Waals surface area contributed by atoms with Gasteiger partial charge in [0, 0.05) is 6.54 Å². The average molecular weight is 280 g/mol. The molecule has 0 heterocycles. The van der Waals surface area contributed by atoms with Crippen LogP contribution < -0.4 is 10.6 Å². The molecule has 2 aromatic rings. The predicted molar refractivity (Wildman–Crippen MR) is 83.7 cm³/mol. The van der Waals surface area contributed by atoms with Crippen LogP contribution in [-0.2, 0) is 6.54 Å². The third-order valence-corrected chi connectivity index (χ3v) is 3.83. The Bertz CT molecular complexity index is 579. The molecule has 0 bridgehead atoms. The fourth-order valence-corrected chi connectivity index (χ4v) is 2.53. The summed E-state index contributed by atoms with van der Waals surface area (Å²) in [4.78, 5) is 12.1. The van der Waals surface area contributed by atoms with Gasteiger partial charge in [-0.3, -0.25) is 0 Å². The highest BCUT2D eigenvalue weighted by molar-refractivity contribution is 5.74. The second-order valence-electron chi connectivity index (χ2n) is 5.54. The van der Waals surface area contributed by atoms with Crippen LogP contribution in [0.25, 0.3) is 0 Å². The molecule has 0 saturated heterocycles. The van der Waals surface area contributed by atoms with Crippen LogP contribution in [-0.4, -0.2) is 6.03 Å². The number of nitrogens with one attached hydrogen (secondary N) is 2. The van der Waals surface area contributed by atoms with Crippen LogP contribution >= 0.6 is 0 Å². The van der Waals surface area contributed by atoms with Crippen molar-refractivity contribution in [3.63, 3.8) is 0 Å². The number of rotatable bonds is 5. The minimum Gasteiger partial charge on any atom is -0.334 e. The van der Waals surface area contributed by atoms with E-state index in [0.717, 1.165) is 5.56 Å². The smallest absolute Gasteiger partial charge is 0.315 e. The number of urea groups is 1. The largest absolute Gasteiger partial charge is 0.334 e. The van der Waals surface area contributed by atoms with Gasteiger partial charge in [-0.25, -0.2) is 4.79 Å². The predicted octanol–water partition coefficient (Wildman–Crippen LogP) is 3.64. The van der Waals surface area contributed by atoms with Crippen LogP contribution in [0.2, 0.25) is 0 Å². The molecule has 0 spiro atoms. The number of carbonyl (C=O) groups excluding carboxylic acids is 1. The SMILES string of the molecule is O=C(NCc1ccccc1)N[C@H](c1ccccc1)C1CC1. The van der Waals surface area contributed by atoms with Crippen molar-refractivity contribution < 1.29 is 4.79 Å². The first-order chi connectivity index (χ1) is 10.3. The number of amides is 2. The van der Waals surface area contributed by atoms with Gasteiger partial charge in [0.05, 0.1) is 6.04 Å². The topological polar surface area (TPSA) is 41.1 Å². The maximum atomic E-state index is 12.1. The number of hydrogen-bond acceptors (Lipinski definition) is 1. The molecule has 1 atom stereocenters. The molecular formula is C18H20N2O. The lowest BCUT2D eigenvalue weighted by Gasteiger charge is -2.19. The standard InChI is InChI=1S/C18H20N2O/c21-18(19-13-14-7-3-1-4-8-14)20-17(16-11-12-16)15-9-5-2-6-10-15/h1-10,16-17H,11-13H2,(H2,19,20,21)/t17-/m1/s1. The molecule has 0 unspecified atom stereocenters. The zero-order valence-corrected chi connectivity index (χ0v) is 12.0. The van der Waals surface area contributed by atoms with Crippen LogP contribution in [0, 0.1) is 5.92 Å². The molecule has 1 saturated carbocycles. The summed E-state index contributed by atoms with van der Waals surface area (Å²) in [6.45, 7) is 0.554. The van der Waals surface area contributed by atoms with E-state index in [4.69, 9.17) is 0 Å². The Morgan fingerprint density at radius 3 is 2.24 bits per heavy atom. The minimum atomic E-state index is -0.0976. The van der Waals surface area contributed by atoms with E-state index < -0.39 is 0 Å². The van der Waals surface area contributed by atoms with Gasteiger partial charge in [0.2, 0.25) is 0 Å². The lowest BCUT2D eigenvalue weighted by Crippen LogP contribution is -2.38. The van der Waals surface area contributed by atoms with Gasteiger partial charge in [0.1, 0.15) is 0 Å². The van der Waals surface area contributed by atoms with E-state index in [9.17, 15) is 4.79 Å². The third kappa shape index (κ3) is 3.85. The molecule has 2 N–H and O–H groups in total. The van der Waals surface area contributed by atoms with E-state index >= 15 is 0 Å². The Morgan fingerprint density at radius 2 is 1.62 bits per heavy atom. The molecule has 0 aliphatic heterocycles. The summed E-state index contributed by atoms with van der Waals surface area (Å²) in [5.74, 6) is 0.579. The molecule has 3 rings (SSSR count). The summed E-state index contributed by atoms with van der Waals surface area (Å²) < 4.78 is 0. The van der Waals surface area contributed by atoms with Crippen molar-refractivity contribution >= 4 is 6.03 Å². The summed E-state index contributed by atoms with van der Waals surface area (Å²) in [6.07, 6.45) is 2.39. The molecule has 3 heteroatoms. The Morgan fingerprint density at radius 1 is 1.00 bits per heavy atom. The third-order valence-electron chi connectivity index (χ3n) is 3.83. The van der Waals surface area contributed by atoms with Gasteiger partial charge in [0.15, 0.2) is 0 Å². The van der Waals surface area contributed by atoms with E-state index in [2.05, 4.69) is 22.8 Å². The molecule has 1 aliphatic rings. The average Bonchev–Trinajstić information content (AvgIpc) is 3.37. The first kappa shape index (κ1) is 13.7. The van der Waals surface area contributed by atoms with Crippen molar-refractivity contribution in [1.82, 2.24) is 10.6 Å². The number of hydrogen-bond donors (Lipinski definition) is 2. The van der Waals surface area contributed by atoms with E-state index in [1.807, 2.05) is 48.5 Å². The highest BCUT2D eigenvalue weighted by atomic mass is 16.2. The van der Waals surface area contributed by atoms with Crippen molar-refractivity contribution in [2.45, 2.75) is 25.4 Å². The zero-order valence-electron chi connectivity index (χ0n) is 12.0. The summed E-state index contributed by atoms with van der Waals surface area (Å²) in [6, 6.07) is 20.2. The Hall–Kier alpha value is -2.29. The summed E-state index contributed by atoms with van der Waals surface area (Å²) in [5, 5.41) is 6.05. The van der Waals surface area contributed by atoms with Gasteiger partial charge in [0.25, 0.3) is 0 Å². The van der Waals surface area contributed by atoms with Gasteiger partial charge >= 0.3 is 6.03 Å². The van der Waals surface area contributed by atoms with E-state index in [0.29, 0.717) is 12.5 Å². The molecule has 2 aromatic carbocycles. The monoisotopic (exact) mass is 280 g/mol. The molecule has 0 radical (unpaired) electrons. The van der Waals surface area contributed by atoms with Crippen LogP contribution in [0.1, 0.15) is 30.0 Å². The van der Waals surface area contributed by atoms with E-state index in [-0.39, 0.29) is 12.1 Å². The molecule has 1 aliphatic carbocycles. The Kier molecular flexibility index (Phi) is 4.20. The summed E-state index contributed by atoms with van der Waals surface area (Å²) in [5.41, 5.74) is 2.30. The van der Waals surface area contributed by atoms with Crippen molar-refractivity contribution in [3.8, 4) is 0 Å². The fourth-order valence-electron chi connectivity index (χ4n) is 2.53. The number of carbonyl (C=O) groups is 1. The Labute approximate surface area is 125 Å². The lowest BCUT2D eigenvalue weighted by molar-refractivity contribution is 0.235. The molecule has 1 fully saturated rings. The quantitative estimate of drug-likeness (QED) is 0.862. The van der Waals surface area contributed by atoms with Gasteiger partial charge < -0.3 is 10.6 Å². The zero-order chi connectivity index (χ0) is 14.5. The van der Waals surface area contributed by atoms with Gasteiger partial charge in [-0.05, 0) is 29.9 Å². The second-order valence-corrected chi connectivity index (χ2v) is 5.54. The fraction of sp³-hybridized carbons (Fsp3) is 0.278. The van der Waals surface area contributed by atoms with Crippen molar-refractivity contribution in [3.05, 3.63) is 71.8 Å². The maximum absolute atomic E-state index is 12.1. The normalized spacial score (nSPS) is 15.2. The summed E-state index contributed by atoms with van der Waals surface area (Å²) >= 11 is 0. The minimum absolute atomic E-state index is 0.0976. The van der Waals surface area contributed by atoms with Crippen LogP contribution in [0.5, 0.6) is 0 Å². The maximum Gasteiger partial charge on any atom is 0.315 e. The molecule has 0 aromatic heterocycles. The lowest BCUT2D eigenvalue weighted by atomic mass is 10.0. The highest BCUT2D eigenvalue weighted by Crippen LogP contribution is 2.40. The molecular weight excluding hydrogens is 260 g/mol. The van der Waals surface area contributed by atoms with E-state index in [1.54, 1.807) is 0 Å². The molecule has 3 nitrogen and oxygen atoms in total.